The summed E-state index contributed by atoms with van der Waals surface area (Å²) in [6, 6.07) is 11.4. The highest BCUT2D eigenvalue weighted by Gasteiger charge is 2.17. The van der Waals surface area contributed by atoms with Gasteiger partial charge in [-0.1, -0.05) is 19.1 Å². The summed E-state index contributed by atoms with van der Waals surface area (Å²) in [4.78, 5) is 12.4. The fraction of sp³-hybridized carbons (Fsp3) is 0.381. The fourth-order valence-electron chi connectivity index (χ4n) is 3.11. The largest absolute Gasteiger partial charge is 0.493 e. The van der Waals surface area contributed by atoms with E-state index in [1.807, 2.05) is 43.3 Å². The zero-order valence-electron chi connectivity index (χ0n) is 15.9. The van der Waals surface area contributed by atoms with Gasteiger partial charge in [0, 0.05) is 6.42 Å². The predicted octanol–water partition coefficient (Wildman–Crippen LogP) is 3.63. The molecule has 0 saturated carbocycles. The van der Waals surface area contributed by atoms with Gasteiger partial charge in [0.05, 0.1) is 20.3 Å². The fourth-order valence-corrected chi connectivity index (χ4v) is 3.11. The van der Waals surface area contributed by atoms with Gasteiger partial charge in [-0.05, 0) is 48.2 Å². The highest BCUT2D eigenvalue weighted by Crippen LogP contribution is 2.33. The molecule has 27 heavy (non-hydrogen) atoms. The number of fused-ring (bicyclic) bond motifs is 1. The van der Waals surface area contributed by atoms with Crippen molar-refractivity contribution in [1.29, 1.82) is 0 Å². The van der Waals surface area contributed by atoms with Crippen LogP contribution < -0.4 is 24.3 Å². The molecule has 1 N–H and O–H groups in total. The third kappa shape index (κ3) is 4.45. The predicted molar refractivity (Wildman–Crippen MR) is 102 cm³/mol. The number of carbonyl (C=O) groups excluding carboxylic acids is 1. The molecule has 1 amide bonds. The number of amides is 1. The van der Waals surface area contributed by atoms with Gasteiger partial charge in [0.1, 0.15) is 0 Å². The second kappa shape index (κ2) is 8.66. The zero-order valence-corrected chi connectivity index (χ0v) is 15.9. The van der Waals surface area contributed by atoms with E-state index in [0.717, 1.165) is 29.0 Å². The van der Waals surface area contributed by atoms with Gasteiger partial charge in [0.15, 0.2) is 23.0 Å². The standard InChI is InChI=1S/C21H25NO5/c1-4-16(15-7-9-17(24-2)19(12-15)25-3)22-21(23)10-6-14-5-8-18-20(11-14)27-13-26-18/h5,7-9,11-12,16H,4,6,10,13H2,1-3H3,(H,22,23)/t16-/m0/s1. The second-order valence-electron chi connectivity index (χ2n) is 6.33. The van der Waals surface area contributed by atoms with Crippen LogP contribution in [0.3, 0.4) is 0 Å². The van der Waals surface area contributed by atoms with Crippen molar-refractivity contribution >= 4 is 5.91 Å². The van der Waals surface area contributed by atoms with Crippen molar-refractivity contribution in [3.05, 3.63) is 47.5 Å². The Morgan fingerprint density at radius 3 is 2.59 bits per heavy atom. The van der Waals surface area contributed by atoms with E-state index in [-0.39, 0.29) is 18.7 Å². The number of hydrogen-bond donors (Lipinski definition) is 1. The highest BCUT2D eigenvalue weighted by molar-refractivity contribution is 5.76. The van der Waals surface area contributed by atoms with Crippen molar-refractivity contribution in [1.82, 2.24) is 5.32 Å². The van der Waals surface area contributed by atoms with Crippen molar-refractivity contribution < 1.29 is 23.7 Å². The van der Waals surface area contributed by atoms with Crippen LogP contribution in [-0.4, -0.2) is 26.9 Å². The van der Waals surface area contributed by atoms with E-state index in [1.54, 1.807) is 14.2 Å². The molecule has 0 unspecified atom stereocenters. The lowest BCUT2D eigenvalue weighted by Gasteiger charge is -2.19. The molecule has 2 aromatic carbocycles. The second-order valence-corrected chi connectivity index (χ2v) is 6.33. The van der Waals surface area contributed by atoms with E-state index in [9.17, 15) is 4.79 Å². The van der Waals surface area contributed by atoms with Gasteiger partial charge in [-0.15, -0.1) is 0 Å². The maximum Gasteiger partial charge on any atom is 0.231 e. The smallest absolute Gasteiger partial charge is 0.231 e. The SMILES string of the molecule is CC[C@H](NC(=O)CCc1ccc2c(c1)OCO2)c1ccc(OC)c(OC)c1. The van der Waals surface area contributed by atoms with Crippen LogP contribution in [0.2, 0.25) is 0 Å². The Bertz CT molecular complexity index is 805. The first kappa shape index (κ1) is 18.9. The molecule has 2 aromatic rings. The minimum Gasteiger partial charge on any atom is -0.493 e. The normalized spacial score (nSPS) is 13.1. The van der Waals surface area contributed by atoms with Gasteiger partial charge >= 0.3 is 0 Å². The van der Waals surface area contributed by atoms with E-state index in [0.29, 0.717) is 24.3 Å². The summed E-state index contributed by atoms with van der Waals surface area (Å²) in [5.41, 5.74) is 2.04. The summed E-state index contributed by atoms with van der Waals surface area (Å²) in [6.07, 6.45) is 1.83. The van der Waals surface area contributed by atoms with Crippen LogP contribution in [0.15, 0.2) is 36.4 Å². The minimum atomic E-state index is -0.0749. The molecule has 0 fully saturated rings. The monoisotopic (exact) mass is 371 g/mol. The summed E-state index contributed by atoms with van der Waals surface area (Å²) in [6.45, 7) is 2.29. The topological polar surface area (TPSA) is 66.0 Å². The van der Waals surface area contributed by atoms with Gasteiger partial charge in [0.25, 0.3) is 0 Å². The van der Waals surface area contributed by atoms with Crippen molar-refractivity contribution in [2.45, 2.75) is 32.2 Å². The lowest BCUT2D eigenvalue weighted by atomic mass is 10.0. The Hall–Kier alpha value is -2.89. The molecular formula is C21H25NO5. The summed E-state index contributed by atoms with van der Waals surface area (Å²) >= 11 is 0. The molecule has 0 radical (unpaired) electrons. The number of aryl methyl sites for hydroxylation is 1. The number of ether oxygens (including phenoxy) is 4. The lowest BCUT2D eigenvalue weighted by molar-refractivity contribution is -0.121. The van der Waals surface area contributed by atoms with Crippen molar-refractivity contribution in [2.75, 3.05) is 21.0 Å². The van der Waals surface area contributed by atoms with E-state index >= 15 is 0 Å². The van der Waals surface area contributed by atoms with E-state index in [4.69, 9.17) is 18.9 Å². The van der Waals surface area contributed by atoms with Crippen LogP contribution >= 0.6 is 0 Å². The maximum absolute atomic E-state index is 12.4. The molecular weight excluding hydrogens is 346 g/mol. The van der Waals surface area contributed by atoms with Gasteiger partial charge in [-0.25, -0.2) is 0 Å². The summed E-state index contributed by atoms with van der Waals surface area (Å²) in [5, 5.41) is 3.10. The molecule has 3 rings (SSSR count). The summed E-state index contributed by atoms with van der Waals surface area (Å²) < 4.78 is 21.3. The lowest BCUT2D eigenvalue weighted by Crippen LogP contribution is -2.28. The summed E-state index contributed by atoms with van der Waals surface area (Å²) in [7, 11) is 3.21. The maximum atomic E-state index is 12.4. The third-order valence-corrected chi connectivity index (χ3v) is 4.63. The van der Waals surface area contributed by atoms with E-state index < -0.39 is 0 Å². The summed E-state index contributed by atoms with van der Waals surface area (Å²) in [5.74, 6) is 2.83. The molecule has 0 aromatic heterocycles. The van der Waals surface area contributed by atoms with Gasteiger partial charge in [0.2, 0.25) is 12.7 Å². The molecule has 1 atom stereocenters. The first-order valence-corrected chi connectivity index (χ1v) is 9.04. The number of rotatable bonds is 8. The zero-order chi connectivity index (χ0) is 19.2. The average Bonchev–Trinajstić information content (AvgIpc) is 3.17. The van der Waals surface area contributed by atoms with E-state index in [2.05, 4.69) is 5.32 Å². The van der Waals surface area contributed by atoms with Crippen LogP contribution in [-0.2, 0) is 11.2 Å². The van der Waals surface area contributed by atoms with Gasteiger partial charge in [-0.3, -0.25) is 4.79 Å². The molecule has 6 nitrogen and oxygen atoms in total. The number of hydrogen-bond acceptors (Lipinski definition) is 5. The first-order chi connectivity index (χ1) is 13.1. The minimum absolute atomic E-state index is 0.00861. The Morgan fingerprint density at radius 1 is 1.07 bits per heavy atom. The van der Waals surface area contributed by atoms with Crippen LogP contribution in [0.5, 0.6) is 23.0 Å². The van der Waals surface area contributed by atoms with Crippen LogP contribution in [0.1, 0.15) is 36.9 Å². The van der Waals surface area contributed by atoms with Crippen LogP contribution in [0.4, 0.5) is 0 Å². The molecule has 0 spiro atoms. The first-order valence-electron chi connectivity index (χ1n) is 9.04. The average molecular weight is 371 g/mol. The molecule has 6 heteroatoms. The quantitative estimate of drug-likeness (QED) is 0.768. The van der Waals surface area contributed by atoms with Crippen molar-refractivity contribution in [2.24, 2.45) is 0 Å². The number of methoxy groups -OCH3 is 2. The van der Waals surface area contributed by atoms with Crippen LogP contribution in [0, 0.1) is 0 Å². The third-order valence-electron chi connectivity index (χ3n) is 4.63. The number of benzene rings is 2. The van der Waals surface area contributed by atoms with E-state index in [1.165, 1.54) is 0 Å². The molecule has 0 bridgehead atoms. The number of nitrogens with one attached hydrogen (secondary N) is 1. The molecule has 1 heterocycles. The van der Waals surface area contributed by atoms with Gasteiger partial charge in [-0.2, -0.15) is 0 Å². The Labute approximate surface area is 159 Å². The Kier molecular flexibility index (Phi) is 6.06. The molecule has 1 aliphatic rings. The Balaban J connectivity index is 1.60. The molecule has 0 aliphatic carbocycles. The van der Waals surface area contributed by atoms with Crippen molar-refractivity contribution in [3.63, 3.8) is 0 Å². The van der Waals surface area contributed by atoms with Crippen LogP contribution in [0.25, 0.3) is 0 Å². The molecule has 1 aliphatic heterocycles. The highest BCUT2D eigenvalue weighted by atomic mass is 16.7. The molecule has 0 saturated heterocycles. The Morgan fingerprint density at radius 2 is 1.85 bits per heavy atom. The number of carbonyl (C=O) groups is 1. The van der Waals surface area contributed by atoms with Crippen molar-refractivity contribution in [3.8, 4) is 23.0 Å². The van der Waals surface area contributed by atoms with Gasteiger partial charge < -0.3 is 24.3 Å². The molecule has 144 valence electrons.